The third-order valence-electron chi connectivity index (χ3n) is 2.78. The normalized spacial score (nSPS) is 10.8. The summed E-state index contributed by atoms with van der Waals surface area (Å²) in [6, 6.07) is 8.33. The third-order valence-corrected chi connectivity index (χ3v) is 4.18. The molecule has 0 atom stereocenters. The number of hydrogen-bond donors (Lipinski definition) is 2. The van der Waals surface area contributed by atoms with Crippen LogP contribution in [-0.2, 0) is 0 Å². The summed E-state index contributed by atoms with van der Waals surface area (Å²) in [6.07, 6.45) is 0. The van der Waals surface area contributed by atoms with Crippen LogP contribution in [0.25, 0.3) is 21.3 Å². The van der Waals surface area contributed by atoms with E-state index < -0.39 is 0 Å². The second-order valence-electron chi connectivity index (χ2n) is 4.32. The highest BCUT2D eigenvalue weighted by atomic mass is 32.1. The molecule has 3 rings (SSSR count). The Kier molecular flexibility index (Phi) is 3.04. The van der Waals surface area contributed by atoms with Crippen LogP contribution in [0.2, 0.25) is 0 Å². The van der Waals surface area contributed by atoms with Crippen molar-refractivity contribution in [3.63, 3.8) is 0 Å². The smallest absolute Gasteiger partial charge is 0.213 e. The maximum Gasteiger partial charge on any atom is 0.213 e. The van der Waals surface area contributed by atoms with Crippen LogP contribution in [0.5, 0.6) is 0 Å². The lowest BCUT2D eigenvalue weighted by molar-refractivity contribution is 1.08. The van der Waals surface area contributed by atoms with Gasteiger partial charge in [0.05, 0.1) is 10.6 Å². The van der Waals surface area contributed by atoms with Gasteiger partial charge in [-0.3, -0.25) is 10.2 Å². The number of H-pyrrole nitrogens is 2. The number of aryl methyl sites for hydroxylation is 2. The average Bonchev–Trinajstić information content (AvgIpc) is 2.95. The van der Waals surface area contributed by atoms with Gasteiger partial charge in [-0.25, -0.2) is 4.98 Å². The van der Waals surface area contributed by atoms with E-state index in [0.717, 1.165) is 27.0 Å². The molecule has 0 saturated carbocycles. The van der Waals surface area contributed by atoms with Crippen LogP contribution in [0.3, 0.4) is 0 Å². The first-order chi connectivity index (χ1) is 9.13. The van der Waals surface area contributed by atoms with E-state index in [1.54, 1.807) is 11.3 Å². The largest absolute Gasteiger partial charge is 0.281 e. The van der Waals surface area contributed by atoms with Gasteiger partial charge in [-0.1, -0.05) is 23.8 Å². The van der Waals surface area contributed by atoms with Gasteiger partial charge in [0.25, 0.3) is 0 Å². The summed E-state index contributed by atoms with van der Waals surface area (Å²) in [5.74, 6) is 0.749. The zero-order chi connectivity index (χ0) is 13.4. The molecule has 19 heavy (non-hydrogen) atoms. The van der Waals surface area contributed by atoms with Gasteiger partial charge in [0.2, 0.25) is 4.77 Å². The first-order valence-corrected chi connectivity index (χ1v) is 7.05. The van der Waals surface area contributed by atoms with Crippen molar-refractivity contribution in [2.45, 2.75) is 13.8 Å². The molecule has 6 heteroatoms. The predicted molar refractivity (Wildman–Crippen MR) is 79.8 cm³/mol. The van der Waals surface area contributed by atoms with Gasteiger partial charge in [-0.2, -0.15) is 4.98 Å². The van der Waals surface area contributed by atoms with Gasteiger partial charge < -0.3 is 0 Å². The molecule has 0 aliphatic carbocycles. The van der Waals surface area contributed by atoms with E-state index in [9.17, 15) is 0 Å². The van der Waals surface area contributed by atoms with Crippen molar-refractivity contribution in [2.75, 3.05) is 0 Å². The first-order valence-electron chi connectivity index (χ1n) is 5.83. The lowest BCUT2D eigenvalue weighted by Crippen LogP contribution is -1.80. The van der Waals surface area contributed by atoms with E-state index in [0.29, 0.717) is 4.77 Å². The van der Waals surface area contributed by atoms with Crippen molar-refractivity contribution in [1.82, 2.24) is 20.2 Å². The second kappa shape index (κ2) is 4.71. The summed E-state index contributed by atoms with van der Waals surface area (Å²) in [7, 11) is 0. The molecular weight excluding hydrogens is 276 g/mol. The van der Waals surface area contributed by atoms with Gasteiger partial charge in [0.1, 0.15) is 5.01 Å². The average molecular weight is 288 g/mol. The number of benzene rings is 1. The van der Waals surface area contributed by atoms with Crippen molar-refractivity contribution in [3.8, 4) is 21.3 Å². The number of nitrogens with zero attached hydrogens (tertiary/aromatic N) is 2. The molecule has 0 fully saturated rings. The Morgan fingerprint density at radius 2 is 2.00 bits per heavy atom. The van der Waals surface area contributed by atoms with Crippen LogP contribution in [0.4, 0.5) is 0 Å². The summed E-state index contributed by atoms with van der Waals surface area (Å²) in [6.45, 7) is 4.06. The predicted octanol–water partition coefficient (Wildman–Crippen LogP) is 3.87. The van der Waals surface area contributed by atoms with Crippen molar-refractivity contribution in [2.24, 2.45) is 0 Å². The topological polar surface area (TPSA) is 57.4 Å². The Labute approximate surface area is 119 Å². The number of rotatable bonds is 2. The number of hydrogen-bond acceptors (Lipinski definition) is 4. The van der Waals surface area contributed by atoms with E-state index >= 15 is 0 Å². The molecule has 2 N–H and O–H groups in total. The van der Waals surface area contributed by atoms with Crippen LogP contribution in [0.15, 0.2) is 24.3 Å². The first kappa shape index (κ1) is 12.3. The molecule has 0 radical (unpaired) electrons. The van der Waals surface area contributed by atoms with E-state index in [1.165, 1.54) is 5.56 Å². The molecule has 96 valence electrons. The van der Waals surface area contributed by atoms with Gasteiger partial charge in [-0.05, 0) is 32.1 Å². The van der Waals surface area contributed by atoms with E-state index in [2.05, 4.69) is 45.3 Å². The van der Waals surface area contributed by atoms with Gasteiger partial charge in [0, 0.05) is 5.56 Å². The van der Waals surface area contributed by atoms with E-state index in [4.69, 9.17) is 12.2 Å². The number of nitrogens with one attached hydrogen (secondary N) is 2. The van der Waals surface area contributed by atoms with Crippen molar-refractivity contribution in [3.05, 3.63) is 40.3 Å². The van der Waals surface area contributed by atoms with Crippen LogP contribution in [-0.4, -0.2) is 20.2 Å². The highest BCUT2D eigenvalue weighted by molar-refractivity contribution is 7.71. The standard InChI is InChI=1S/C13H12N4S2/c1-7-4-3-5-9(6-7)12-14-8(2)10(19-12)11-15-13(18)17-16-11/h3-6H,1-2H3,(H2,15,16,17,18). The summed E-state index contributed by atoms with van der Waals surface area (Å²) in [4.78, 5) is 9.88. The Hall–Kier alpha value is -1.79. The molecule has 0 amide bonds. The lowest BCUT2D eigenvalue weighted by atomic mass is 10.1. The number of aromatic amines is 2. The minimum atomic E-state index is 0.458. The molecule has 0 saturated heterocycles. The van der Waals surface area contributed by atoms with Crippen molar-refractivity contribution >= 4 is 23.6 Å². The number of thiazole rings is 1. The Morgan fingerprint density at radius 3 is 2.68 bits per heavy atom. The van der Waals surface area contributed by atoms with Crippen LogP contribution >= 0.6 is 23.6 Å². The quantitative estimate of drug-likeness (QED) is 0.704. The van der Waals surface area contributed by atoms with Crippen LogP contribution in [0, 0.1) is 18.6 Å². The summed E-state index contributed by atoms with van der Waals surface area (Å²) in [5.41, 5.74) is 3.32. The van der Waals surface area contributed by atoms with E-state index in [1.807, 2.05) is 13.0 Å². The van der Waals surface area contributed by atoms with Crippen molar-refractivity contribution in [1.29, 1.82) is 0 Å². The molecule has 2 heterocycles. The summed E-state index contributed by atoms with van der Waals surface area (Å²) >= 11 is 6.60. The maximum absolute atomic E-state index is 4.98. The van der Waals surface area contributed by atoms with Crippen molar-refractivity contribution < 1.29 is 0 Å². The minimum absolute atomic E-state index is 0.458. The monoisotopic (exact) mass is 288 g/mol. The maximum atomic E-state index is 4.98. The molecule has 0 spiro atoms. The molecular formula is C13H12N4S2. The molecule has 0 aliphatic rings. The Morgan fingerprint density at radius 1 is 1.16 bits per heavy atom. The van der Waals surface area contributed by atoms with E-state index in [-0.39, 0.29) is 0 Å². The molecule has 0 aliphatic heterocycles. The van der Waals surface area contributed by atoms with Gasteiger partial charge in [0.15, 0.2) is 5.82 Å². The highest BCUT2D eigenvalue weighted by Gasteiger charge is 2.13. The fraction of sp³-hybridized carbons (Fsp3) is 0.154. The highest BCUT2D eigenvalue weighted by Crippen LogP contribution is 2.33. The fourth-order valence-corrected chi connectivity index (χ4v) is 3.05. The molecule has 1 aromatic carbocycles. The molecule has 0 unspecified atom stereocenters. The fourth-order valence-electron chi connectivity index (χ4n) is 1.90. The molecule has 0 bridgehead atoms. The zero-order valence-electron chi connectivity index (χ0n) is 10.5. The summed E-state index contributed by atoms with van der Waals surface area (Å²) < 4.78 is 0.458. The molecule has 2 aromatic heterocycles. The van der Waals surface area contributed by atoms with Crippen LogP contribution < -0.4 is 0 Å². The lowest BCUT2D eigenvalue weighted by Gasteiger charge is -1.96. The minimum Gasteiger partial charge on any atom is -0.281 e. The van der Waals surface area contributed by atoms with Crippen LogP contribution in [0.1, 0.15) is 11.3 Å². The molecule has 3 aromatic rings. The Balaban J connectivity index is 2.09. The number of aromatic nitrogens is 4. The van der Waals surface area contributed by atoms with Gasteiger partial charge in [-0.15, -0.1) is 11.3 Å². The summed E-state index contributed by atoms with van der Waals surface area (Å²) in [5, 5.41) is 6.78. The third kappa shape index (κ3) is 2.36. The Bertz CT molecular complexity index is 782. The molecule has 4 nitrogen and oxygen atoms in total. The van der Waals surface area contributed by atoms with Gasteiger partial charge >= 0.3 is 0 Å². The second-order valence-corrected chi connectivity index (χ2v) is 5.70. The zero-order valence-corrected chi connectivity index (χ0v) is 12.2. The SMILES string of the molecule is Cc1cccc(-c2nc(C)c(-c3nc(=S)[nH][nH]3)s2)c1.